The molecule has 1 aliphatic rings. The number of thioether (sulfide) groups is 1. The zero-order valence-corrected chi connectivity index (χ0v) is 15.7. The molecule has 0 N–H and O–H groups in total. The van der Waals surface area contributed by atoms with Gasteiger partial charge in [-0.3, -0.25) is 14.5 Å². The molecule has 1 heterocycles. The average molecular weight is 432 g/mol. The highest BCUT2D eigenvalue weighted by Crippen LogP contribution is 2.36. The Hall–Kier alpha value is -1.96. The summed E-state index contributed by atoms with van der Waals surface area (Å²) in [5.41, 5.74) is -0.243. The van der Waals surface area contributed by atoms with Crippen LogP contribution in [0.2, 0.25) is 10.0 Å². The van der Waals surface area contributed by atoms with Crippen LogP contribution < -0.4 is 0 Å². The highest BCUT2D eigenvalue weighted by molar-refractivity contribution is 8.18. The fourth-order valence-corrected chi connectivity index (χ4v) is 3.79. The van der Waals surface area contributed by atoms with Gasteiger partial charge in [0, 0.05) is 15.6 Å². The number of imide groups is 1. The van der Waals surface area contributed by atoms with E-state index in [1.807, 2.05) is 0 Å². The van der Waals surface area contributed by atoms with Crippen LogP contribution in [-0.2, 0) is 17.5 Å². The van der Waals surface area contributed by atoms with Crippen molar-refractivity contribution in [3.63, 3.8) is 0 Å². The van der Waals surface area contributed by atoms with E-state index in [0.717, 1.165) is 17.0 Å². The monoisotopic (exact) mass is 431 g/mol. The van der Waals surface area contributed by atoms with E-state index in [2.05, 4.69) is 0 Å². The van der Waals surface area contributed by atoms with Gasteiger partial charge < -0.3 is 0 Å². The Bertz CT molecular complexity index is 940. The fourth-order valence-electron chi connectivity index (χ4n) is 2.43. The van der Waals surface area contributed by atoms with E-state index in [4.69, 9.17) is 23.2 Å². The minimum Gasteiger partial charge on any atom is -0.268 e. The minimum atomic E-state index is -4.50. The molecule has 0 spiro atoms. The second-order valence-electron chi connectivity index (χ2n) is 5.59. The highest BCUT2D eigenvalue weighted by Gasteiger charge is 2.36. The van der Waals surface area contributed by atoms with E-state index in [1.165, 1.54) is 18.2 Å². The SMILES string of the molecule is O=C1S/C(=C\c2cccc(C(F)(F)F)c2)C(=O)N1Cc1c(Cl)cccc1Cl. The van der Waals surface area contributed by atoms with Gasteiger partial charge in [-0.05, 0) is 47.7 Å². The third kappa shape index (κ3) is 4.31. The molecule has 9 heteroatoms. The zero-order chi connectivity index (χ0) is 19.8. The van der Waals surface area contributed by atoms with E-state index < -0.39 is 22.9 Å². The molecule has 0 aliphatic carbocycles. The van der Waals surface area contributed by atoms with Gasteiger partial charge in [-0.2, -0.15) is 13.2 Å². The lowest BCUT2D eigenvalue weighted by molar-refractivity contribution is -0.137. The second kappa shape index (κ2) is 7.58. The number of alkyl halides is 3. The van der Waals surface area contributed by atoms with Crippen molar-refractivity contribution in [3.8, 4) is 0 Å². The highest BCUT2D eigenvalue weighted by atomic mass is 35.5. The minimum absolute atomic E-state index is 0.0301. The summed E-state index contributed by atoms with van der Waals surface area (Å²) in [6.07, 6.45) is -3.24. The number of hydrogen-bond acceptors (Lipinski definition) is 3. The number of halogens is 5. The molecule has 0 aromatic heterocycles. The first kappa shape index (κ1) is 19.8. The van der Waals surface area contributed by atoms with Crippen molar-refractivity contribution in [2.45, 2.75) is 12.7 Å². The lowest BCUT2D eigenvalue weighted by Gasteiger charge is -2.14. The topological polar surface area (TPSA) is 37.4 Å². The molecule has 0 saturated carbocycles. The van der Waals surface area contributed by atoms with Crippen LogP contribution in [-0.4, -0.2) is 16.0 Å². The zero-order valence-electron chi connectivity index (χ0n) is 13.4. The van der Waals surface area contributed by atoms with Crippen LogP contribution in [0.4, 0.5) is 18.0 Å². The lowest BCUT2D eigenvalue weighted by atomic mass is 10.1. The van der Waals surface area contributed by atoms with Gasteiger partial charge in [0.15, 0.2) is 0 Å². The molecule has 0 atom stereocenters. The Morgan fingerprint density at radius 1 is 1.04 bits per heavy atom. The van der Waals surface area contributed by atoms with Crippen LogP contribution in [0.1, 0.15) is 16.7 Å². The van der Waals surface area contributed by atoms with Crippen molar-refractivity contribution in [1.82, 2.24) is 4.90 Å². The molecule has 2 aromatic carbocycles. The molecule has 1 fully saturated rings. The summed E-state index contributed by atoms with van der Waals surface area (Å²) in [6, 6.07) is 9.31. The van der Waals surface area contributed by atoms with Crippen LogP contribution in [0.3, 0.4) is 0 Å². The first-order chi connectivity index (χ1) is 12.7. The van der Waals surface area contributed by atoms with E-state index in [-0.39, 0.29) is 17.0 Å². The van der Waals surface area contributed by atoms with Crippen LogP contribution in [0.5, 0.6) is 0 Å². The summed E-state index contributed by atoms with van der Waals surface area (Å²) in [4.78, 5) is 25.7. The number of rotatable bonds is 3. The van der Waals surface area contributed by atoms with Crippen molar-refractivity contribution in [1.29, 1.82) is 0 Å². The van der Waals surface area contributed by atoms with Gasteiger partial charge in [0.05, 0.1) is 17.0 Å². The summed E-state index contributed by atoms with van der Waals surface area (Å²) >= 11 is 12.8. The maximum atomic E-state index is 12.8. The Labute approximate surface area is 166 Å². The summed E-state index contributed by atoms with van der Waals surface area (Å²) in [5, 5.41) is 0.0704. The molecule has 0 bridgehead atoms. The molecule has 1 aliphatic heterocycles. The molecular formula is C18H10Cl2F3NO2S. The predicted molar refractivity (Wildman–Crippen MR) is 99.4 cm³/mol. The quantitative estimate of drug-likeness (QED) is 0.539. The maximum absolute atomic E-state index is 12.8. The largest absolute Gasteiger partial charge is 0.416 e. The second-order valence-corrected chi connectivity index (χ2v) is 7.40. The normalized spacial score (nSPS) is 16.5. The van der Waals surface area contributed by atoms with Gasteiger partial charge in [0.2, 0.25) is 0 Å². The smallest absolute Gasteiger partial charge is 0.268 e. The summed E-state index contributed by atoms with van der Waals surface area (Å²) in [5.74, 6) is -0.613. The van der Waals surface area contributed by atoms with Gasteiger partial charge in [0.1, 0.15) is 0 Å². The summed E-state index contributed by atoms with van der Waals surface area (Å²) in [6.45, 7) is -0.122. The fraction of sp³-hybridized carbons (Fsp3) is 0.111. The first-order valence-electron chi connectivity index (χ1n) is 7.52. The van der Waals surface area contributed by atoms with E-state index in [1.54, 1.807) is 18.2 Å². The molecule has 1 saturated heterocycles. The van der Waals surface area contributed by atoms with Crippen molar-refractivity contribution in [3.05, 3.63) is 74.1 Å². The van der Waals surface area contributed by atoms with Gasteiger partial charge in [-0.1, -0.05) is 41.4 Å². The summed E-state index contributed by atoms with van der Waals surface area (Å²) in [7, 11) is 0. The molecule has 0 unspecified atom stereocenters. The van der Waals surface area contributed by atoms with Crippen LogP contribution in [0.25, 0.3) is 6.08 Å². The van der Waals surface area contributed by atoms with E-state index in [9.17, 15) is 22.8 Å². The van der Waals surface area contributed by atoms with Gasteiger partial charge >= 0.3 is 6.18 Å². The van der Waals surface area contributed by atoms with E-state index in [0.29, 0.717) is 27.4 Å². The molecule has 2 aromatic rings. The van der Waals surface area contributed by atoms with E-state index >= 15 is 0 Å². The maximum Gasteiger partial charge on any atom is 0.416 e. The Morgan fingerprint density at radius 2 is 1.67 bits per heavy atom. The van der Waals surface area contributed by atoms with Crippen molar-refractivity contribution in [2.24, 2.45) is 0 Å². The third-order valence-electron chi connectivity index (χ3n) is 3.76. The number of carbonyl (C=O) groups is 2. The predicted octanol–water partition coefficient (Wildman–Crippen LogP) is 6.25. The number of hydrogen-bond donors (Lipinski definition) is 0. The summed E-state index contributed by atoms with van der Waals surface area (Å²) < 4.78 is 38.5. The Balaban J connectivity index is 1.87. The molecule has 2 amide bonds. The average Bonchev–Trinajstić information content (AvgIpc) is 2.85. The van der Waals surface area contributed by atoms with Gasteiger partial charge in [0.25, 0.3) is 11.1 Å². The van der Waals surface area contributed by atoms with Crippen molar-refractivity contribution in [2.75, 3.05) is 0 Å². The number of amides is 2. The Morgan fingerprint density at radius 3 is 2.30 bits per heavy atom. The van der Waals surface area contributed by atoms with Crippen molar-refractivity contribution < 1.29 is 22.8 Å². The van der Waals surface area contributed by atoms with Gasteiger partial charge in [-0.15, -0.1) is 0 Å². The number of carbonyl (C=O) groups excluding carboxylic acids is 2. The van der Waals surface area contributed by atoms with Crippen LogP contribution >= 0.6 is 35.0 Å². The number of benzene rings is 2. The third-order valence-corrected chi connectivity index (χ3v) is 5.38. The van der Waals surface area contributed by atoms with Crippen LogP contribution in [0.15, 0.2) is 47.4 Å². The molecule has 3 rings (SSSR count). The molecule has 140 valence electrons. The standard InChI is InChI=1S/C18H10Cl2F3NO2S/c19-13-5-2-6-14(20)12(13)9-24-16(25)15(27-17(24)26)8-10-3-1-4-11(7-10)18(21,22)23/h1-8H,9H2/b15-8-. The molecule has 27 heavy (non-hydrogen) atoms. The first-order valence-corrected chi connectivity index (χ1v) is 9.09. The van der Waals surface area contributed by atoms with Crippen molar-refractivity contribution >= 4 is 52.2 Å². The molecular weight excluding hydrogens is 422 g/mol. The van der Waals surface area contributed by atoms with Gasteiger partial charge in [-0.25, -0.2) is 0 Å². The molecule has 3 nitrogen and oxygen atoms in total. The number of nitrogens with zero attached hydrogens (tertiary/aromatic N) is 1. The van der Waals surface area contributed by atoms with Crippen LogP contribution in [0, 0.1) is 0 Å². The molecule has 0 radical (unpaired) electrons. The lowest BCUT2D eigenvalue weighted by Crippen LogP contribution is -2.27. The Kier molecular flexibility index (Phi) is 5.55.